The minimum atomic E-state index is -0.988. The predicted octanol–water partition coefficient (Wildman–Crippen LogP) is 1.49. The molecule has 3 unspecified atom stereocenters. The number of aliphatic carboxylic acids is 1. The quantitative estimate of drug-likeness (QED) is 0.737. The van der Waals surface area contributed by atoms with Gasteiger partial charge in [0.1, 0.15) is 11.9 Å². The summed E-state index contributed by atoms with van der Waals surface area (Å²) in [5.41, 5.74) is 7.83. The lowest BCUT2D eigenvalue weighted by Crippen LogP contribution is -2.32. The maximum atomic E-state index is 10.8. The number of rotatable bonds is 3. The van der Waals surface area contributed by atoms with Crippen LogP contribution in [0.5, 0.6) is 0 Å². The molecule has 2 aliphatic rings. The first-order valence-corrected chi connectivity index (χ1v) is 7.65. The summed E-state index contributed by atoms with van der Waals surface area (Å²) >= 11 is 6.26. The molecule has 1 aromatic rings. The summed E-state index contributed by atoms with van der Waals surface area (Å²) in [6.07, 6.45) is 5.59. The lowest BCUT2D eigenvalue weighted by Gasteiger charge is -2.36. The summed E-state index contributed by atoms with van der Waals surface area (Å²) in [6.45, 7) is 0. The van der Waals surface area contributed by atoms with E-state index in [1.165, 1.54) is 12.1 Å². The predicted molar refractivity (Wildman–Crippen MR) is 75.8 cm³/mol. The van der Waals surface area contributed by atoms with E-state index in [1.54, 1.807) is 0 Å². The molecule has 1 aromatic heterocycles. The van der Waals surface area contributed by atoms with Crippen molar-refractivity contribution in [2.45, 2.75) is 49.9 Å². The monoisotopic (exact) mass is 297 g/mol. The molecular weight excluding hydrogens is 278 g/mol. The molecule has 0 spiro atoms. The lowest BCUT2D eigenvalue weighted by atomic mass is 9.71. The van der Waals surface area contributed by atoms with Gasteiger partial charge in [0.15, 0.2) is 0 Å². The van der Waals surface area contributed by atoms with Crippen LogP contribution in [0.25, 0.3) is 0 Å². The summed E-state index contributed by atoms with van der Waals surface area (Å²) in [7, 11) is 0. The fourth-order valence-corrected chi connectivity index (χ4v) is 3.89. The zero-order chi connectivity index (χ0) is 14.3. The molecule has 20 heavy (non-hydrogen) atoms. The van der Waals surface area contributed by atoms with Crippen molar-refractivity contribution >= 4 is 17.6 Å². The Morgan fingerprint density at radius 2 is 2.25 bits per heavy atom. The van der Waals surface area contributed by atoms with Crippen LogP contribution >= 0.6 is 11.6 Å². The summed E-state index contributed by atoms with van der Waals surface area (Å²) in [5, 5.41) is 9.16. The Morgan fingerprint density at radius 3 is 3.00 bits per heavy atom. The minimum Gasteiger partial charge on any atom is -0.480 e. The minimum absolute atomic E-state index is 0.260. The van der Waals surface area contributed by atoms with E-state index < -0.39 is 12.0 Å². The van der Waals surface area contributed by atoms with E-state index >= 15 is 0 Å². The molecule has 1 saturated carbocycles. The molecule has 5 nitrogen and oxygen atoms in total. The Balaban J connectivity index is 1.74. The zero-order valence-corrected chi connectivity index (χ0v) is 12.1. The molecular formula is C14H20ClN3O2. The number of aromatic nitrogens is 2. The van der Waals surface area contributed by atoms with Gasteiger partial charge in [-0.25, -0.2) is 4.98 Å². The number of carbonyl (C=O) groups is 1. The van der Waals surface area contributed by atoms with Crippen LogP contribution in [-0.4, -0.2) is 32.5 Å². The van der Waals surface area contributed by atoms with Crippen LogP contribution in [0, 0.1) is 11.8 Å². The van der Waals surface area contributed by atoms with Gasteiger partial charge >= 0.3 is 5.97 Å². The van der Waals surface area contributed by atoms with Gasteiger partial charge in [0.05, 0.1) is 5.69 Å². The number of imidazole rings is 1. The first-order chi connectivity index (χ1) is 9.52. The molecule has 0 aliphatic heterocycles. The van der Waals surface area contributed by atoms with Gasteiger partial charge in [-0.1, -0.05) is 0 Å². The standard InChI is InChI=1S/C14H20ClN3O2/c15-9-2-1-7-4-11-12(5-8(7)3-9)18-13(17-11)6-10(16)14(19)20/h7-10H,1-6,16H2,(H,17,18)(H,19,20)/t7?,8?,9?,10-/m1/s1. The maximum Gasteiger partial charge on any atom is 0.320 e. The molecule has 2 aliphatic carbocycles. The van der Waals surface area contributed by atoms with Crippen molar-refractivity contribution in [3.05, 3.63) is 17.2 Å². The van der Waals surface area contributed by atoms with Gasteiger partial charge in [0, 0.05) is 17.5 Å². The van der Waals surface area contributed by atoms with Gasteiger partial charge in [-0.3, -0.25) is 4.79 Å². The maximum absolute atomic E-state index is 10.8. The van der Waals surface area contributed by atoms with Crippen molar-refractivity contribution < 1.29 is 9.90 Å². The number of carboxylic acid groups (broad SMARTS) is 1. The van der Waals surface area contributed by atoms with E-state index in [4.69, 9.17) is 22.4 Å². The van der Waals surface area contributed by atoms with Crippen molar-refractivity contribution in [1.29, 1.82) is 0 Å². The Kier molecular flexibility index (Phi) is 3.73. The van der Waals surface area contributed by atoms with Crippen LogP contribution in [0.1, 0.15) is 36.5 Å². The van der Waals surface area contributed by atoms with Crippen LogP contribution in [0.2, 0.25) is 0 Å². The van der Waals surface area contributed by atoms with Crippen LogP contribution in [0.15, 0.2) is 0 Å². The van der Waals surface area contributed by atoms with Gasteiger partial charge in [0.2, 0.25) is 0 Å². The average molecular weight is 298 g/mol. The number of nitrogens with two attached hydrogens (primary N) is 1. The second-order valence-corrected chi connectivity index (χ2v) is 6.71. The van der Waals surface area contributed by atoms with Crippen LogP contribution in [-0.2, 0) is 24.1 Å². The van der Waals surface area contributed by atoms with Crippen molar-refractivity contribution in [3.63, 3.8) is 0 Å². The van der Waals surface area contributed by atoms with E-state index in [0.29, 0.717) is 23.0 Å². The number of nitrogens with one attached hydrogen (secondary N) is 1. The van der Waals surface area contributed by atoms with Gasteiger partial charge in [-0.15, -0.1) is 11.6 Å². The fourth-order valence-electron chi connectivity index (χ4n) is 3.53. The zero-order valence-electron chi connectivity index (χ0n) is 11.3. The Hall–Kier alpha value is -1.07. The molecule has 4 atom stereocenters. The normalized spacial score (nSPS) is 30.4. The molecule has 3 rings (SSSR count). The molecule has 6 heteroatoms. The van der Waals surface area contributed by atoms with Crippen molar-refractivity contribution in [2.75, 3.05) is 0 Å². The number of nitrogens with zero attached hydrogens (tertiary/aromatic N) is 1. The van der Waals surface area contributed by atoms with Gasteiger partial charge in [-0.2, -0.15) is 0 Å². The largest absolute Gasteiger partial charge is 0.480 e. The summed E-state index contributed by atoms with van der Waals surface area (Å²) in [6, 6.07) is -0.892. The third-order valence-electron chi connectivity index (χ3n) is 4.64. The first-order valence-electron chi connectivity index (χ1n) is 7.22. The van der Waals surface area contributed by atoms with Crippen LogP contribution < -0.4 is 5.73 Å². The lowest BCUT2D eigenvalue weighted by molar-refractivity contribution is -0.138. The second-order valence-electron chi connectivity index (χ2n) is 6.10. The third kappa shape index (κ3) is 2.69. The van der Waals surface area contributed by atoms with Crippen LogP contribution in [0.4, 0.5) is 0 Å². The van der Waals surface area contributed by atoms with Crippen molar-refractivity contribution in [2.24, 2.45) is 17.6 Å². The van der Waals surface area contributed by atoms with Gasteiger partial charge in [0.25, 0.3) is 0 Å². The number of alkyl halides is 1. The number of carboxylic acids is 1. The van der Waals surface area contributed by atoms with Crippen molar-refractivity contribution in [1.82, 2.24) is 9.97 Å². The van der Waals surface area contributed by atoms with E-state index in [0.717, 1.165) is 31.4 Å². The topological polar surface area (TPSA) is 92.0 Å². The van der Waals surface area contributed by atoms with Gasteiger partial charge in [-0.05, 0) is 43.9 Å². The Morgan fingerprint density at radius 1 is 1.45 bits per heavy atom. The van der Waals surface area contributed by atoms with E-state index in [1.807, 2.05) is 0 Å². The molecule has 0 bridgehead atoms. The van der Waals surface area contributed by atoms with E-state index in [9.17, 15) is 4.79 Å². The summed E-state index contributed by atoms with van der Waals surface area (Å²) in [4.78, 5) is 18.6. The molecule has 0 saturated heterocycles. The highest BCUT2D eigenvalue weighted by Gasteiger charge is 2.35. The molecule has 110 valence electrons. The van der Waals surface area contributed by atoms with E-state index in [-0.39, 0.29) is 6.42 Å². The summed E-state index contributed by atoms with van der Waals surface area (Å²) in [5.74, 6) is 1.03. The fraction of sp³-hybridized carbons (Fsp3) is 0.714. The highest BCUT2D eigenvalue weighted by Crippen LogP contribution is 2.40. The smallest absolute Gasteiger partial charge is 0.320 e. The molecule has 1 fully saturated rings. The Bertz CT molecular complexity index is 517. The SMILES string of the molecule is N[C@H](Cc1nc2c([nH]1)CC1CCC(Cl)CC1C2)C(=O)O. The summed E-state index contributed by atoms with van der Waals surface area (Å²) < 4.78 is 0. The number of aromatic amines is 1. The number of halogens is 1. The highest BCUT2D eigenvalue weighted by molar-refractivity contribution is 6.20. The molecule has 0 aromatic carbocycles. The van der Waals surface area contributed by atoms with Crippen LogP contribution in [0.3, 0.4) is 0 Å². The first kappa shape index (κ1) is 13.9. The van der Waals surface area contributed by atoms with Crippen molar-refractivity contribution in [3.8, 4) is 0 Å². The number of hydrogen-bond acceptors (Lipinski definition) is 3. The van der Waals surface area contributed by atoms with E-state index in [2.05, 4.69) is 9.97 Å². The molecule has 0 amide bonds. The van der Waals surface area contributed by atoms with Gasteiger partial charge < -0.3 is 15.8 Å². The highest BCUT2D eigenvalue weighted by atomic mass is 35.5. The molecule has 0 radical (unpaired) electrons. The molecule has 1 heterocycles. The number of fused-ring (bicyclic) bond motifs is 2. The third-order valence-corrected chi connectivity index (χ3v) is 5.04. The number of H-pyrrole nitrogens is 1. The second kappa shape index (κ2) is 5.37. The number of hydrogen-bond donors (Lipinski definition) is 3. The Labute approximate surface area is 122 Å². The molecule has 4 N–H and O–H groups in total. The average Bonchev–Trinajstić information content (AvgIpc) is 2.76.